The lowest BCUT2D eigenvalue weighted by atomic mass is 10.2. The lowest BCUT2D eigenvalue weighted by molar-refractivity contribution is -0.117. The van der Waals surface area contributed by atoms with Gasteiger partial charge in [0.1, 0.15) is 11.6 Å². The van der Waals surface area contributed by atoms with Gasteiger partial charge in [-0.05, 0) is 19.9 Å². The summed E-state index contributed by atoms with van der Waals surface area (Å²) >= 11 is 5.99. The standard InChI is InChI=1S/C12H13ClN4O3/c1-6(2)20-11-8(13)3-7(4-14-11)10(19)17-12-15-5-9(18)16-12/h3-4,6H,5H2,1-2H3,(H2,15,16,17,18,19). The third kappa shape index (κ3) is 3.45. The van der Waals surface area contributed by atoms with Crippen molar-refractivity contribution < 1.29 is 14.3 Å². The van der Waals surface area contributed by atoms with Crippen molar-refractivity contribution in [1.29, 1.82) is 0 Å². The van der Waals surface area contributed by atoms with Gasteiger partial charge in [-0.1, -0.05) is 11.6 Å². The van der Waals surface area contributed by atoms with E-state index in [1.807, 2.05) is 13.8 Å². The van der Waals surface area contributed by atoms with Crippen LogP contribution in [0, 0.1) is 0 Å². The summed E-state index contributed by atoms with van der Waals surface area (Å²) in [6.07, 6.45) is 1.28. The first-order chi connectivity index (χ1) is 9.45. The minimum Gasteiger partial charge on any atom is -0.474 e. The Morgan fingerprint density at radius 1 is 1.55 bits per heavy atom. The van der Waals surface area contributed by atoms with Gasteiger partial charge in [-0.15, -0.1) is 0 Å². The Labute approximate surface area is 120 Å². The van der Waals surface area contributed by atoms with E-state index < -0.39 is 5.91 Å². The maximum atomic E-state index is 11.9. The molecule has 2 rings (SSSR count). The molecule has 1 aliphatic rings. The van der Waals surface area contributed by atoms with Gasteiger partial charge in [0, 0.05) is 6.20 Å². The molecule has 0 bridgehead atoms. The molecule has 2 N–H and O–H groups in total. The van der Waals surface area contributed by atoms with Gasteiger partial charge in [-0.25, -0.2) is 9.98 Å². The molecule has 0 saturated carbocycles. The number of ether oxygens (including phenoxy) is 1. The first-order valence-electron chi connectivity index (χ1n) is 5.93. The van der Waals surface area contributed by atoms with Crippen LogP contribution in [-0.2, 0) is 4.79 Å². The predicted molar refractivity (Wildman–Crippen MR) is 72.9 cm³/mol. The number of aromatic nitrogens is 1. The van der Waals surface area contributed by atoms with Crippen LogP contribution >= 0.6 is 11.6 Å². The Kier molecular flexibility index (Phi) is 4.19. The number of rotatable bonds is 3. The van der Waals surface area contributed by atoms with E-state index in [1.54, 1.807) is 0 Å². The molecule has 0 fully saturated rings. The Bertz CT molecular complexity index is 586. The number of carbonyl (C=O) groups is 2. The summed E-state index contributed by atoms with van der Waals surface area (Å²) in [5, 5.41) is 5.10. The van der Waals surface area contributed by atoms with Gasteiger partial charge < -0.3 is 4.74 Å². The first kappa shape index (κ1) is 14.3. The largest absolute Gasteiger partial charge is 0.474 e. The fourth-order valence-corrected chi connectivity index (χ4v) is 1.68. The highest BCUT2D eigenvalue weighted by molar-refractivity contribution is 6.32. The molecule has 0 aliphatic carbocycles. The molecular formula is C12H13ClN4O3. The third-order valence-electron chi connectivity index (χ3n) is 2.29. The topological polar surface area (TPSA) is 92.7 Å². The Hall–Kier alpha value is -2.15. The molecule has 1 aliphatic heterocycles. The summed E-state index contributed by atoms with van der Waals surface area (Å²) in [6.45, 7) is 3.70. The summed E-state index contributed by atoms with van der Waals surface area (Å²) < 4.78 is 5.37. The SMILES string of the molecule is CC(C)Oc1ncc(C(=O)NC2=NCC(=O)N2)cc1Cl. The van der Waals surface area contributed by atoms with Crippen LogP contribution in [0.1, 0.15) is 24.2 Å². The van der Waals surface area contributed by atoms with Crippen LogP contribution in [-0.4, -0.2) is 35.4 Å². The van der Waals surface area contributed by atoms with E-state index in [2.05, 4.69) is 20.6 Å². The van der Waals surface area contributed by atoms with Crippen molar-refractivity contribution in [2.75, 3.05) is 6.54 Å². The molecule has 0 unspecified atom stereocenters. The van der Waals surface area contributed by atoms with Crippen LogP contribution in [0.25, 0.3) is 0 Å². The second kappa shape index (κ2) is 5.87. The summed E-state index contributed by atoms with van der Waals surface area (Å²) in [5.41, 5.74) is 0.245. The molecule has 2 heterocycles. The van der Waals surface area contributed by atoms with Gasteiger partial charge in [0.15, 0.2) is 0 Å². The summed E-state index contributed by atoms with van der Waals surface area (Å²) in [7, 11) is 0. The quantitative estimate of drug-likeness (QED) is 0.860. The molecule has 1 aromatic rings. The van der Waals surface area contributed by atoms with Gasteiger partial charge in [0.2, 0.25) is 17.7 Å². The number of hydrogen-bond donors (Lipinski definition) is 2. The number of carbonyl (C=O) groups excluding carboxylic acids is 2. The molecule has 7 nitrogen and oxygen atoms in total. The fourth-order valence-electron chi connectivity index (χ4n) is 1.47. The first-order valence-corrected chi connectivity index (χ1v) is 6.31. The maximum absolute atomic E-state index is 11.9. The van der Waals surface area contributed by atoms with E-state index >= 15 is 0 Å². The molecule has 106 valence electrons. The van der Waals surface area contributed by atoms with Crippen LogP contribution < -0.4 is 15.4 Å². The average Bonchev–Trinajstić information content (AvgIpc) is 2.76. The number of guanidine groups is 1. The molecule has 0 spiro atoms. The smallest absolute Gasteiger partial charge is 0.259 e. The van der Waals surface area contributed by atoms with E-state index in [4.69, 9.17) is 16.3 Å². The van der Waals surface area contributed by atoms with E-state index in [1.165, 1.54) is 12.3 Å². The molecule has 1 aromatic heterocycles. The second-order valence-electron chi connectivity index (χ2n) is 4.34. The van der Waals surface area contributed by atoms with Gasteiger partial charge >= 0.3 is 0 Å². The Balaban J connectivity index is 2.07. The van der Waals surface area contributed by atoms with Crippen molar-refractivity contribution in [1.82, 2.24) is 15.6 Å². The normalized spacial score (nSPS) is 14.0. The van der Waals surface area contributed by atoms with E-state index in [-0.39, 0.29) is 41.0 Å². The molecule has 0 radical (unpaired) electrons. The highest BCUT2D eigenvalue weighted by atomic mass is 35.5. The highest BCUT2D eigenvalue weighted by Crippen LogP contribution is 2.23. The van der Waals surface area contributed by atoms with Gasteiger partial charge in [-0.2, -0.15) is 0 Å². The van der Waals surface area contributed by atoms with E-state index in [0.717, 1.165) is 0 Å². The monoisotopic (exact) mass is 296 g/mol. The van der Waals surface area contributed by atoms with Crippen LogP contribution in [0.4, 0.5) is 0 Å². The summed E-state index contributed by atoms with van der Waals surface area (Å²) in [4.78, 5) is 30.7. The van der Waals surface area contributed by atoms with Crippen LogP contribution in [0.3, 0.4) is 0 Å². The molecule has 20 heavy (non-hydrogen) atoms. The number of pyridine rings is 1. The molecule has 8 heteroatoms. The minimum absolute atomic E-state index is 0.00971. The maximum Gasteiger partial charge on any atom is 0.259 e. The zero-order valence-corrected chi connectivity index (χ0v) is 11.7. The Morgan fingerprint density at radius 2 is 2.30 bits per heavy atom. The summed E-state index contributed by atoms with van der Waals surface area (Å²) in [5.74, 6) is -0.336. The van der Waals surface area contributed by atoms with Crippen molar-refractivity contribution in [2.24, 2.45) is 4.99 Å². The average molecular weight is 297 g/mol. The Morgan fingerprint density at radius 3 is 2.85 bits per heavy atom. The van der Waals surface area contributed by atoms with Crippen molar-refractivity contribution >= 4 is 29.4 Å². The number of aliphatic imine (C=N–C) groups is 1. The number of amides is 2. The van der Waals surface area contributed by atoms with Crippen molar-refractivity contribution in [3.63, 3.8) is 0 Å². The van der Waals surface area contributed by atoms with Crippen molar-refractivity contribution in [3.8, 4) is 5.88 Å². The predicted octanol–water partition coefficient (Wildman–Crippen LogP) is 0.738. The molecule has 0 saturated heterocycles. The number of halogens is 1. The lowest BCUT2D eigenvalue weighted by Gasteiger charge is -2.11. The third-order valence-corrected chi connectivity index (χ3v) is 2.56. The van der Waals surface area contributed by atoms with E-state index in [9.17, 15) is 9.59 Å². The number of nitrogens with zero attached hydrogens (tertiary/aromatic N) is 2. The van der Waals surface area contributed by atoms with Gasteiger partial charge in [0.25, 0.3) is 5.91 Å². The van der Waals surface area contributed by atoms with Crippen molar-refractivity contribution in [3.05, 3.63) is 22.8 Å². The van der Waals surface area contributed by atoms with Crippen molar-refractivity contribution in [2.45, 2.75) is 20.0 Å². The fraction of sp³-hybridized carbons (Fsp3) is 0.333. The number of hydrogen-bond acceptors (Lipinski definition) is 5. The van der Waals surface area contributed by atoms with Crippen LogP contribution in [0.2, 0.25) is 5.02 Å². The molecule has 0 atom stereocenters. The van der Waals surface area contributed by atoms with Gasteiger partial charge in [0.05, 0.1) is 11.7 Å². The van der Waals surface area contributed by atoms with Crippen LogP contribution in [0.5, 0.6) is 5.88 Å². The molecular weight excluding hydrogens is 284 g/mol. The van der Waals surface area contributed by atoms with Crippen LogP contribution in [0.15, 0.2) is 17.3 Å². The summed E-state index contributed by atoms with van der Waals surface area (Å²) in [6, 6.07) is 1.44. The second-order valence-corrected chi connectivity index (χ2v) is 4.75. The van der Waals surface area contributed by atoms with Gasteiger partial charge in [-0.3, -0.25) is 20.2 Å². The zero-order valence-electron chi connectivity index (χ0n) is 10.9. The van der Waals surface area contributed by atoms with E-state index in [0.29, 0.717) is 0 Å². The minimum atomic E-state index is -0.462. The molecule has 0 aromatic carbocycles. The highest BCUT2D eigenvalue weighted by Gasteiger charge is 2.17. The number of nitrogens with one attached hydrogen (secondary N) is 2. The molecule has 2 amide bonds. The lowest BCUT2D eigenvalue weighted by Crippen LogP contribution is -2.40. The zero-order chi connectivity index (χ0) is 14.7.